The number of nitrogens with one attached hydrogen (secondary N) is 1. The first-order valence-corrected chi connectivity index (χ1v) is 6.25. The van der Waals surface area contributed by atoms with Gasteiger partial charge in [-0.25, -0.2) is 4.98 Å². The minimum atomic E-state index is 0.0955. The van der Waals surface area contributed by atoms with Crippen LogP contribution in [0.15, 0.2) is 24.5 Å². The van der Waals surface area contributed by atoms with E-state index in [1.165, 1.54) is 0 Å². The Kier molecular flexibility index (Phi) is 2.34. The Labute approximate surface area is 106 Å². The molecule has 0 atom stereocenters. The van der Waals surface area contributed by atoms with Gasteiger partial charge in [-0.2, -0.15) is 0 Å². The van der Waals surface area contributed by atoms with E-state index < -0.39 is 0 Å². The summed E-state index contributed by atoms with van der Waals surface area (Å²) < 4.78 is 3.06. The van der Waals surface area contributed by atoms with Gasteiger partial charge in [-0.3, -0.25) is 4.79 Å². The van der Waals surface area contributed by atoms with Crippen molar-refractivity contribution in [3.05, 3.63) is 28.1 Å². The largest absolute Gasteiger partial charge is 0.309 e. The summed E-state index contributed by atoms with van der Waals surface area (Å²) in [5, 5.41) is 2.84. The molecular weight excluding hydrogens is 317 g/mol. The van der Waals surface area contributed by atoms with Gasteiger partial charge in [0.15, 0.2) is 5.82 Å². The molecule has 0 saturated heterocycles. The molecule has 1 fully saturated rings. The van der Waals surface area contributed by atoms with Crippen molar-refractivity contribution in [2.75, 3.05) is 5.32 Å². The van der Waals surface area contributed by atoms with Crippen LogP contribution in [0.4, 0.5) is 5.82 Å². The van der Waals surface area contributed by atoms with Crippen LogP contribution in [0.5, 0.6) is 0 Å². The Bertz CT molecular complexity index is 559. The summed E-state index contributed by atoms with van der Waals surface area (Å²) in [6.07, 6.45) is 5.85. The quantitative estimate of drug-likeness (QED) is 0.861. The molecule has 2 aromatic heterocycles. The zero-order valence-electron chi connectivity index (χ0n) is 8.48. The third-order valence-corrected chi connectivity index (χ3v) is 3.25. The maximum Gasteiger partial charge on any atom is 0.228 e. The zero-order valence-corrected chi connectivity index (χ0v) is 10.6. The van der Waals surface area contributed by atoms with Crippen molar-refractivity contribution in [1.82, 2.24) is 9.38 Å². The van der Waals surface area contributed by atoms with E-state index in [9.17, 15) is 4.79 Å². The highest BCUT2D eigenvalue weighted by molar-refractivity contribution is 14.1. The van der Waals surface area contributed by atoms with Crippen LogP contribution in [0.25, 0.3) is 5.65 Å². The second-order valence-corrected chi connectivity index (χ2v) is 5.25. The van der Waals surface area contributed by atoms with Gasteiger partial charge in [0.25, 0.3) is 0 Å². The summed E-state index contributed by atoms with van der Waals surface area (Å²) in [7, 11) is 0. The SMILES string of the molecule is O=C(Nc1cn2cc(I)ccc2n1)C1CC1. The number of hydrogen-bond acceptors (Lipinski definition) is 2. The maximum absolute atomic E-state index is 11.6. The van der Waals surface area contributed by atoms with Crippen LogP contribution in [0, 0.1) is 9.49 Å². The molecule has 2 aromatic rings. The first kappa shape index (κ1) is 10.1. The number of hydrogen-bond donors (Lipinski definition) is 1. The van der Waals surface area contributed by atoms with Crippen LogP contribution in [-0.4, -0.2) is 15.3 Å². The van der Waals surface area contributed by atoms with Crippen molar-refractivity contribution in [2.24, 2.45) is 5.92 Å². The number of rotatable bonds is 2. The van der Waals surface area contributed by atoms with Crippen molar-refractivity contribution in [3.63, 3.8) is 0 Å². The van der Waals surface area contributed by atoms with Crippen LogP contribution in [0.1, 0.15) is 12.8 Å². The highest BCUT2D eigenvalue weighted by atomic mass is 127. The molecule has 2 heterocycles. The number of halogens is 1. The molecule has 82 valence electrons. The molecule has 16 heavy (non-hydrogen) atoms. The van der Waals surface area contributed by atoms with E-state index in [4.69, 9.17) is 0 Å². The number of anilines is 1. The number of aromatic nitrogens is 2. The number of carbonyl (C=O) groups is 1. The first-order valence-electron chi connectivity index (χ1n) is 5.17. The first-order chi connectivity index (χ1) is 7.72. The van der Waals surface area contributed by atoms with E-state index in [2.05, 4.69) is 32.9 Å². The van der Waals surface area contributed by atoms with Crippen LogP contribution in [0.3, 0.4) is 0 Å². The van der Waals surface area contributed by atoms with Crippen LogP contribution < -0.4 is 5.32 Å². The topological polar surface area (TPSA) is 46.4 Å². The van der Waals surface area contributed by atoms with Gasteiger partial charge in [-0.15, -0.1) is 0 Å². The molecule has 1 amide bonds. The minimum Gasteiger partial charge on any atom is -0.309 e. The Morgan fingerprint density at radius 2 is 2.25 bits per heavy atom. The predicted molar refractivity (Wildman–Crippen MR) is 69.3 cm³/mol. The lowest BCUT2D eigenvalue weighted by molar-refractivity contribution is -0.117. The summed E-state index contributed by atoms with van der Waals surface area (Å²) in [5.41, 5.74) is 0.853. The van der Waals surface area contributed by atoms with Crippen molar-refractivity contribution in [3.8, 4) is 0 Å². The van der Waals surface area contributed by atoms with E-state index in [1.807, 2.05) is 28.9 Å². The van der Waals surface area contributed by atoms with E-state index in [0.29, 0.717) is 5.82 Å². The van der Waals surface area contributed by atoms with Gasteiger partial charge < -0.3 is 9.72 Å². The molecule has 0 spiro atoms. The number of nitrogens with zero attached hydrogens (tertiary/aromatic N) is 2. The lowest BCUT2D eigenvalue weighted by atomic mass is 10.4. The maximum atomic E-state index is 11.6. The Morgan fingerprint density at radius 1 is 1.44 bits per heavy atom. The molecular formula is C11H10IN3O. The minimum absolute atomic E-state index is 0.0955. The molecule has 4 nitrogen and oxygen atoms in total. The van der Waals surface area contributed by atoms with Gasteiger partial charge in [0.1, 0.15) is 5.65 Å². The van der Waals surface area contributed by atoms with Crippen molar-refractivity contribution >= 4 is 40.0 Å². The van der Waals surface area contributed by atoms with Crippen molar-refractivity contribution < 1.29 is 4.79 Å². The standard InChI is InChI=1S/C11H10IN3O/c12-8-3-4-10-13-9(6-15(10)5-8)14-11(16)7-1-2-7/h3-7H,1-2H2,(H,14,16). The van der Waals surface area contributed by atoms with E-state index >= 15 is 0 Å². The average molecular weight is 327 g/mol. The molecule has 3 rings (SSSR count). The lowest BCUT2D eigenvalue weighted by Gasteiger charge is -1.97. The molecule has 5 heteroatoms. The van der Waals surface area contributed by atoms with Crippen LogP contribution in [0.2, 0.25) is 0 Å². The Hall–Kier alpha value is -1.11. The van der Waals surface area contributed by atoms with Gasteiger partial charge in [0.05, 0.1) is 6.20 Å². The van der Waals surface area contributed by atoms with Gasteiger partial charge in [0.2, 0.25) is 5.91 Å². The second-order valence-electron chi connectivity index (χ2n) is 4.00. The van der Waals surface area contributed by atoms with Gasteiger partial charge in [-0.1, -0.05) is 0 Å². The highest BCUT2D eigenvalue weighted by Gasteiger charge is 2.29. The fraction of sp³-hybridized carbons (Fsp3) is 0.273. The third-order valence-electron chi connectivity index (χ3n) is 2.61. The molecule has 0 aliphatic heterocycles. The van der Waals surface area contributed by atoms with Gasteiger partial charge in [-0.05, 0) is 47.6 Å². The Balaban J connectivity index is 1.89. The smallest absolute Gasteiger partial charge is 0.228 e. The Morgan fingerprint density at radius 3 is 3.00 bits per heavy atom. The van der Waals surface area contributed by atoms with Gasteiger partial charge in [0, 0.05) is 15.7 Å². The molecule has 1 aliphatic rings. The summed E-state index contributed by atoms with van der Waals surface area (Å²) in [6, 6.07) is 3.93. The monoisotopic (exact) mass is 327 g/mol. The summed E-state index contributed by atoms with van der Waals surface area (Å²) >= 11 is 2.25. The molecule has 0 aromatic carbocycles. The molecule has 0 unspecified atom stereocenters. The second kappa shape index (κ2) is 3.73. The molecule has 1 N–H and O–H groups in total. The fourth-order valence-electron chi connectivity index (χ4n) is 1.60. The van der Waals surface area contributed by atoms with Crippen molar-refractivity contribution in [2.45, 2.75) is 12.8 Å². The zero-order chi connectivity index (χ0) is 11.1. The van der Waals surface area contributed by atoms with E-state index in [0.717, 1.165) is 22.1 Å². The highest BCUT2D eigenvalue weighted by Crippen LogP contribution is 2.30. The average Bonchev–Trinajstić information content (AvgIpc) is 3.00. The van der Waals surface area contributed by atoms with E-state index in [1.54, 1.807) is 0 Å². The normalized spacial score (nSPS) is 15.3. The number of pyridine rings is 1. The summed E-state index contributed by atoms with van der Waals surface area (Å²) in [5.74, 6) is 0.946. The number of fused-ring (bicyclic) bond motifs is 1. The molecule has 1 saturated carbocycles. The fourth-order valence-corrected chi connectivity index (χ4v) is 2.08. The number of amides is 1. The molecule has 1 aliphatic carbocycles. The van der Waals surface area contributed by atoms with Crippen LogP contribution >= 0.6 is 22.6 Å². The van der Waals surface area contributed by atoms with Crippen LogP contribution in [-0.2, 0) is 4.79 Å². The summed E-state index contributed by atoms with van der Waals surface area (Å²) in [4.78, 5) is 15.9. The number of carbonyl (C=O) groups excluding carboxylic acids is 1. The molecule has 0 radical (unpaired) electrons. The summed E-state index contributed by atoms with van der Waals surface area (Å²) in [6.45, 7) is 0. The predicted octanol–water partition coefficient (Wildman–Crippen LogP) is 2.29. The molecule has 0 bridgehead atoms. The lowest BCUT2D eigenvalue weighted by Crippen LogP contribution is -2.13. The number of imidazole rings is 1. The third kappa shape index (κ3) is 1.91. The van der Waals surface area contributed by atoms with Gasteiger partial charge >= 0.3 is 0 Å². The van der Waals surface area contributed by atoms with Crippen molar-refractivity contribution in [1.29, 1.82) is 0 Å². The van der Waals surface area contributed by atoms with E-state index in [-0.39, 0.29) is 11.8 Å².